The van der Waals surface area contributed by atoms with E-state index in [9.17, 15) is 0 Å². The van der Waals surface area contributed by atoms with Crippen LogP contribution in [-0.2, 0) is 9.47 Å². The molecule has 1 aliphatic carbocycles. The van der Waals surface area contributed by atoms with E-state index in [0.29, 0.717) is 30.2 Å². The first-order valence-electron chi connectivity index (χ1n) is 11.0. The molecule has 4 unspecified atom stereocenters. The van der Waals surface area contributed by atoms with Crippen LogP contribution in [0.5, 0.6) is 5.75 Å². The third-order valence-electron chi connectivity index (χ3n) is 6.42. The van der Waals surface area contributed by atoms with E-state index in [4.69, 9.17) is 26.4 Å². The SMILES string of the molecule is COc1cccc(-c2nnnn2C2COC3C(NC(=S)NC4CCCCC4)COC32)c1. The van der Waals surface area contributed by atoms with Crippen LogP contribution in [0.1, 0.15) is 38.1 Å². The molecule has 9 nitrogen and oxygen atoms in total. The van der Waals surface area contributed by atoms with Crippen LogP contribution in [0.25, 0.3) is 11.4 Å². The third-order valence-corrected chi connectivity index (χ3v) is 6.65. The second-order valence-corrected chi connectivity index (χ2v) is 8.81. The first-order chi connectivity index (χ1) is 15.2. The van der Waals surface area contributed by atoms with Gasteiger partial charge in [-0.2, -0.15) is 0 Å². The zero-order valence-electron chi connectivity index (χ0n) is 17.6. The van der Waals surface area contributed by atoms with Crippen molar-refractivity contribution < 1.29 is 14.2 Å². The zero-order valence-corrected chi connectivity index (χ0v) is 18.4. The van der Waals surface area contributed by atoms with Crippen molar-refractivity contribution in [1.82, 2.24) is 30.8 Å². The number of ether oxygens (including phenoxy) is 3. The number of rotatable bonds is 5. The topological polar surface area (TPSA) is 95.4 Å². The van der Waals surface area contributed by atoms with Crippen LogP contribution in [-0.4, -0.2) is 69.9 Å². The molecule has 2 aliphatic heterocycles. The minimum atomic E-state index is -0.136. The number of hydrogen-bond acceptors (Lipinski definition) is 7. The molecular weight excluding hydrogens is 416 g/mol. The minimum Gasteiger partial charge on any atom is -0.497 e. The fourth-order valence-electron chi connectivity index (χ4n) is 4.82. The lowest BCUT2D eigenvalue weighted by Crippen LogP contribution is -2.50. The molecule has 3 fully saturated rings. The lowest BCUT2D eigenvalue weighted by atomic mass is 9.96. The Hall–Kier alpha value is -2.30. The van der Waals surface area contributed by atoms with E-state index in [-0.39, 0.29) is 24.3 Å². The second-order valence-electron chi connectivity index (χ2n) is 8.40. The summed E-state index contributed by atoms with van der Waals surface area (Å²) in [6.07, 6.45) is 5.98. The Bertz CT molecular complexity index is 918. The third kappa shape index (κ3) is 4.24. The number of fused-ring (bicyclic) bond motifs is 1. The predicted octanol–water partition coefficient (Wildman–Crippen LogP) is 1.85. The van der Waals surface area contributed by atoms with E-state index in [1.807, 2.05) is 24.3 Å². The molecular formula is C21H28N6O3S. The highest BCUT2D eigenvalue weighted by Gasteiger charge is 2.49. The van der Waals surface area contributed by atoms with Crippen molar-refractivity contribution in [2.24, 2.45) is 0 Å². The van der Waals surface area contributed by atoms with Crippen molar-refractivity contribution >= 4 is 17.3 Å². The predicted molar refractivity (Wildman–Crippen MR) is 118 cm³/mol. The maximum absolute atomic E-state index is 6.14. The van der Waals surface area contributed by atoms with Crippen molar-refractivity contribution in [3.8, 4) is 17.1 Å². The highest BCUT2D eigenvalue weighted by atomic mass is 32.1. The van der Waals surface area contributed by atoms with Crippen molar-refractivity contribution in [2.75, 3.05) is 20.3 Å². The molecule has 2 saturated heterocycles. The molecule has 1 aromatic carbocycles. The highest BCUT2D eigenvalue weighted by molar-refractivity contribution is 7.80. The molecule has 31 heavy (non-hydrogen) atoms. The van der Waals surface area contributed by atoms with Crippen LogP contribution in [0.2, 0.25) is 0 Å². The molecule has 2 N–H and O–H groups in total. The number of tetrazole rings is 1. The summed E-state index contributed by atoms with van der Waals surface area (Å²) < 4.78 is 19.4. The highest BCUT2D eigenvalue weighted by Crippen LogP contribution is 2.36. The number of nitrogens with one attached hydrogen (secondary N) is 2. The maximum Gasteiger partial charge on any atom is 0.182 e. The van der Waals surface area contributed by atoms with Gasteiger partial charge in [0.15, 0.2) is 10.9 Å². The van der Waals surface area contributed by atoms with Gasteiger partial charge in [0, 0.05) is 11.6 Å². The normalized spacial score (nSPS) is 28.3. The zero-order chi connectivity index (χ0) is 21.2. The van der Waals surface area contributed by atoms with Crippen LogP contribution < -0.4 is 15.4 Å². The molecule has 0 amide bonds. The molecule has 0 radical (unpaired) electrons. The number of benzene rings is 1. The van der Waals surface area contributed by atoms with Gasteiger partial charge < -0.3 is 24.8 Å². The summed E-state index contributed by atoms with van der Waals surface area (Å²) >= 11 is 5.57. The molecule has 1 aromatic heterocycles. The number of aromatic nitrogens is 4. The van der Waals surface area contributed by atoms with Crippen LogP contribution in [0, 0.1) is 0 Å². The van der Waals surface area contributed by atoms with Gasteiger partial charge in [-0.25, -0.2) is 4.68 Å². The summed E-state index contributed by atoms with van der Waals surface area (Å²) in [6, 6.07) is 8.08. The molecule has 0 bridgehead atoms. The average molecular weight is 445 g/mol. The molecule has 1 saturated carbocycles. The molecule has 3 heterocycles. The van der Waals surface area contributed by atoms with Gasteiger partial charge in [-0.05, 0) is 47.6 Å². The number of nitrogens with zero attached hydrogens (tertiary/aromatic N) is 4. The van der Waals surface area contributed by atoms with Gasteiger partial charge in [0.1, 0.15) is 24.0 Å². The van der Waals surface area contributed by atoms with Crippen LogP contribution in [0.3, 0.4) is 0 Å². The van der Waals surface area contributed by atoms with Crippen molar-refractivity contribution in [3.63, 3.8) is 0 Å². The Morgan fingerprint density at radius 2 is 1.97 bits per heavy atom. The minimum absolute atomic E-state index is 0.00957. The summed E-state index contributed by atoms with van der Waals surface area (Å²) in [4.78, 5) is 0. The molecule has 166 valence electrons. The van der Waals surface area contributed by atoms with Gasteiger partial charge in [-0.1, -0.05) is 31.4 Å². The van der Waals surface area contributed by atoms with Crippen LogP contribution in [0.15, 0.2) is 24.3 Å². The van der Waals surface area contributed by atoms with Gasteiger partial charge in [-0.3, -0.25) is 0 Å². The van der Waals surface area contributed by atoms with Crippen LogP contribution >= 0.6 is 12.2 Å². The lowest BCUT2D eigenvalue weighted by molar-refractivity contribution is 0.0626. The molecule has 0 spiro atoms. The largest absolute Gasteiger partial charge is 0.497 e. The average Bonchev–Trinajstić information content (AvgIpc) is 3.52. The van der Waals surface area contributed by atoms with Crippen molar-refractivity contribution in [3.05, 3.63) is 24.3 Å². The molecule has 10 heteroatoms. The lowest BCUT2D eigenvalue weighted by Gasteiger charge is -2.26. The van der Waals surface area contributed by atoms with E-state index in [2.05, 4.69) is 26.2 Å². The van der Waals surface area contributed by atoms with Gasteiger partial charge in [0.05, 0.1) is 26.4 Å². The molecule has 2 aromatic rings. The first-order valence-corrected chi connectivity index (χ1v) is 11.4. The fourth-order valence-corrected chi connectivity index (χ4v) is 5.14. The maximum atomic E-state index is 6.14. The summed E-state index contributed by atoms with van der Waals surface area (Å²) in [5, 5.41) is 20.0. The molecule has 3 aliphatic rings. The van der Waals surface area contributed by atoms with Gasteiger partial charge in [0.25, 0.3) is 0 Å². The summed E-state index contributed by atoms with van der Waals surface area (Å²) in [5.41, 5.74) is 0.887. The van der Waals surface area contributed by atoms with Gasteiger partial charge >= 0.3 is 0 Å². The van der Waals surface area contributed by atoms with E-state index in [0.717, 1.165) is 11.3 Å². The standard InChI is InChI=1S/C21H28N6O3S/c1-28-15-9-5-6-13(10-15)20-24-25-26-27(20)17-12-30-18-16(11-29-19(17)18)23-21(31)22-14-7-3-2-4-8-14/h5-6,9-10,14,16-19H,2-4,7-8,11-12H2,1H3,(H2,22,23,31). The smallest absolute Gasteiger partial charge is 0.182 e. The Balaban J connectivity index is 1.25. The van der Waals surface area contributed by atoms with Gasteiger partial charge in [0.2, 0.25) is 0 Å². The van der Waals surface area contributed by atoms with Crippen LogP contribution in [0.4, 0.5) is 0 Å². The molecule has 4 atom stereocenters. The summed E-state index contributed by atoms with van der Waals surface area (Å²) in [7, 11) is 1.64. The fraction of sp³-hybridized carbons (Fsp3) is 0.619. The summed E-state index contributed by atoms with van der Waals surface area (Å²) in [5.74, 6) is 1.43. The number of methoxy groups -OCH3 is 1. The van der Waals surface area contributed by atoms with E-state index in [1.54, 1.807) is 11.8 Å². The number of thiocarbonyl (C=S) groups is 1. The van der Waals surface area contributed by atoms with Crippen molar-refractivity contribution in [1.29, 1.82) is 0 Å². The Morgan fingerprint density at radius 1 is 1.13 bits per heavy atom. The quantitative estimate of drug-likeness (QED) is 0.670. The van der Waals surface area contributed by atoms with E-state index >= 15 is 0 Å². The molecule has 5 rings (SSSR count). The van der Waals surface area contributed by atoms with E-state index < -0.39 is 0 Å². The monoisotopic (exact) mass is 444 g/mol. The Morgan fingerprint density at radius 3 is 2.81 bits per heavy atom. The van der Waals surface area contributed by atoms with E-state index in [1.165, 1.54) is 32.1 Å². The second kappa shape index (κ2) is 9.05. The summed E-state index contributed by atoms with van der Waals surface area (Å²) in [6.45, 7) is 1.02. The first kappa shape index (κ1) is 20.6. The Labute approximate surface area is 186 Å². The number of hydrogen-bond donors (Lipinski definition) is 2. The Kier molecular flexibility index (Phi) is 6.02. The van der Waals surface area contributed by atoms with Crippen molar-refractivity contribution in [2.45, 2.75) is 62.4 Å². The van der Waals surface area contributed by atoms with Gasteiger partial charge in [-0.15, -0.1) is 5.10 Å².